The summed E-state index contributed by atoms with van der Waals surface area (Å²) in [6, 6.07) is 0. The highest BCUT2D eigenvalue weighted by Crippen LogP contribution is 2.35. The smallest absolute Gasteiger partial charge is 0.0482 e. The van der Waals surface area contributed by atoms with Crippen molar-refractivity contribution in [2.75, 3.05) is 0 Å². The van der Waals surface area contributed by atoms with Gasteiger partial charge in [0.25, 0.3) is 0 Å². The van der Waals surface area contributed by atoms with E-state index in [9.17, 15) is 0 Å². The van der Waals surface area contributed by atoms with Crippen LogP contribution in [0.4, 0.5) is 0 Å². The van der Waals surface area contributed by atoms with E-state index in [-0.39, 0.29) is 0 Å². The van der Waals surface area contributed by atoms with E-state index in [0.717, 1.165) is 9.83 Å². The molecule has 0 aromatic rings. The zero-order valence-electron chi connectivity index (χ0n) is 8.47. The minimum atomic E-state index is 0.404. The van der Waals surface area contributed by atoms with Gasteiger partial charge >= 0.3 is 0 Å². The molecule has 0 aliphatic carbocycles. The minimum Gasteiger partial charge on any atom is -0.145 e. The lowest BCUT2D eigenvalue weighted by atomic mass is 10.3. The Hall–Kier alpha value is 0.700. The van der Waals surface area contributed by atoms with E-state index in [2.05, 4.69) is 41.5 Å². The maximum Gasteiger partial charge on any atom is 0.0482 e. The van der Waals surface area contributed by atoms with Crippen LogP contribution in [0.15, 0.2) is 0 Å². The second-order valence-electron chi connectivity index (χ2n) is 3.98. The molecule has 0 saturated heterocycles. The van der Waals surface area contributed by atoms with E-state index in [1.54, 1.807) is 0 Å². The molecule has 1 atom stereocenters. The molecule has 0 bridgehead atoms. The fourth-order valence-electron chi connectivity index (χ4n) is 0.909. The lowest BCUT2D eigenvalue weighted by Crippen LogP contribution is -2.12. The van der Waals surface area contributed by atoms with Crippen molar-refractivity contribution in [2.24, 2.45) is 0 Å². The summed E-state index contributed by atoms with van der Waals surface area (Å²) in [7, 11) is 0. The van der Waals surface area contributed by atoms with Crippen molar-refractivity contribution in [3.63, 3.8) is 0 Å². The van der Waals surface area contributed by atoms with Gasteiger partial charge in [0, 0.05) is 14.6 Å². The zero-order valence-corrected chi connectivity index (χ0v) is 10.1. The van der Waals surface area contributed by atoms with Crippen molar-refractivity contribution in [1.29, 1.82) is 0 Å². The third-order valence-electron chi connectivity index (χ3n) is 0.983. The Labute approximate surface area is 79.9 Å². The van der Waals surface area contributed by atoms with E-state index in [1.807, 2.05) is 23.5 Å². The number of rotatable bonds is 3. The number of hydrogen-bond donors (Lipinski definition) is 0. The van der Waals surface area contributed by atoms with E-state index >= 15 is 0 Å². The van der Waals surface area contributed by atoms with Crippen molar-refractivity contribution in [2.45, 2.75) is 56.1 Å². The van der Waals surface area contributed by atoms with E-state index in [1.165, 1.54) is 0 Å². The molecule has 0 fully saturated rings. The summed E-state index contributed by atoms with van der Waals surface area (Å²) in [4.78, 5) is 0. The van der Waals surface area contributed by atoms with Crippen molar-refractivity contribution in [3.05, 3.63) is 0 Å². The first-order chi connectivity index (χ1) is 4.81. The molecule has 0 radical (unpaired) electrons. The average molecular weight is 192 g/mol. The van der Waals surface area contributed by atoms with Crippen molar-refractivity contribution in [1.82, 2.24) is 0 Å². The summed E-state index contributed by atoms with van der Waals surface area (Å²) in [5, 5.41) is 0.750. The summed E-state index contributed by atoms with van der Waals surface area (Å²) in [6.07, 6.45) is 0. The molecule has 2 heteroatoms. The standard InChI is InChI=1S/C9H20S2/c1-7(2)10-8(3)11-9(4,5)6/h7-8H,1-6H3. The summed E-state index contributed by atoms with van der Waals surface area (Å²) in [5.41, 5.74) is 0. The highest BCUT2D eigenvalue weighted by molar-refractivity contribution is 8.17. The molecular formula is C9H20S2. The van der Waals surface area contributed by atoms with E-state index in [0.29, 0.717) is 4.75 Å². The molecule has 0 aromatic heterocycles. The molecule has 1 unspecified atom stereocenters. The van der Waals surface area contributed by atoms with Gasteiger partial charge < -0.3 is 0 Å². The summed E-state index contributed by atoms with van der Waals surface area (Å²) < 4.78 is 1.12. The summed E-state index contributed by atoms with van der Waals surface area (Å²) in [5.74, 6) is 0. The first-order valence-corrected chi connectivity index (χ1v) is 5.97. The third-order valence-corrected chi connectivity index (χ3v) is 3.57. The van der Waals surface area contributed by atoms with Gasteiger partial charge in [0.15, 0.2) is 0 Å². The Morgan fingerprint density at radius 1 is 1.00 bits per heavy atom. The van der Waals surface area contributed by atoms with Crippen LogP contribution in [-0.4, -0.2) is 14.6 Å². The molecule has 0 saturated carbocycles. The number of thioether (sulfide) groups is 2. The Kier molecular flexibility index (Phi) is 4.96. The Morgan fingerprint density at radius 2 is 1.45 bits per heavy atom. The van der Waals surface area contributed by atoms with Gasteiger partial charge in [-0.15, -0.1) is 23.5 Å². The molecule has 0 spiro atoms. The fraction of sp³-hybridized carbons (Fsp3) is 1.00. The van der Waals surface area contributed by atoms with Crippen LogP contribution >= 0.6 is 23.5 Å². The van der Waals surface area contributed by atoms with Crippen LogP contribution in [0.5, 0.6) is 0 Å². The van der Waals surface area contributed by atoms with Crippen LogP contribution in [0, 0.1) is 0 Å². The van der Waals surface area contributed by atoms with E-state index < -0.39 is 0 Å². The maximum absolute atomic E-state index is 2.29. The molecule has 68 valence electrons. The average Bonchev–Trinajstić information content (AvgIpc) is 1.53. The molecular weight excluding hydrogens is 172 g/mol. The van der Waals surface area contributed by atoms with Gasteiger partial charge in [-0.1, -0.05) is 34.6 Å². The van der Waals surface area contributed by atoms with Gasteiger partial charge in [-0.05, 0) is 6.92 Å². The minimum absolute atomic E-state index is 0.404. The monoisotopic (exact) mass is 192 g/mol. The number of hydrogen-bond acceptors (Lipinski definition) is 2. The molecule has 0 aliphatic rings. The molecule has 11 heavy (non-hydrogen) atoms. The topological polar surface area (TPSA) is 0 Å². The Bertz CT molecular complexity index is 103. The van der Waals surface area contributed by atoms with Crippen molar-refractivity contribution in [3.8, 4) is 0 Å². The molecule has 0 amide bonds. The summed E-state index contributed by atoms with van der Waals surface area (Å²) >= 11 is 4.09. The van der Waals surface area contributed by atoms with Crippen molar-refractivity contribution >= 4 is 23.5 Å². The quantitative estimate of drug-likeness (QED) is 0.620. The first-order valence-electron chi connectivity index (χ1n) is 4.14. The lowest BCUT2D eigenvalue weighted by molar-refractivity contribution is 0.802. The van der Waals surface area contributed by atoms with Gasteiger partial charge in [-0.2, -0.15) is 0 Å². The lowest BCUT2D eigenvalue weighted by Gasteiger charge is -2.23. The molecule has 0 nitrogen and oxygen atoms in total. The van der Waals surface area contributed by atoms with Gasteiger partial charge in [0.2, 0.25) is 0 Å². The van der Waals surface area contributed by atoms with Crippen LogP contribution in [0.1, 0.15) is 41.5 Å². The highest BCUT2D eigenvalue weighted by atomic mass is 32.2. The van der Waals surface area contributed by atoms with E-state index in [4.69, 9.17) is 0 Å². The first kappa shape index (κ1) is 11.7. The van der Waals surface area contributed by atoms with Gasteiger partial charge in [-0.25, -0.2) is 0 Å². The third kappa shape index (κ3) is 8.61. The van der Waals surface area contributed by atoms with Crippen LogP contribution in [0.2, 0.25) is 0 Å². The van der Waals surface area contributed by atoms with Gasteiger partial charge in [0.05, 0.1) is 0 Å². The van der Waals surface area contributed by atoms with Gasteiger partial charge in [-0.3, -0.25) is 0 Å². The van der Waals surface area contributed by atoms with Crippen molar-refractivity contribution < 1.29 is 0 Å². The van der Waals surface area contributed by atoms with Crippen LogP contribution in [0.3, 0.4) is 0 Å². The molecule has 0 heterocycles. The van der Waals surface area contributed by atoms with Crippen LogP contribution in [0.25, 0.3) is 0 Å². The highest BCUT2D eigenvalue weighted by Gasteiger charge is 2.16. The fourth-order valence-corrected chi connectivity index (χ4v) is 4.43. The predicted molar refractivity (Wildman–Crippen MR) is 59.5 cm³/mol. The normalized spacial score (nSPS) is 15.5. The maximum atomic E-state index is 2.29. The van der Waals surface area contributed by atoms with Gasteiger partial charge in [0.1, 0.15) is 0 Å². The second-order valence-corrected chi connectivity index (χ2v) is 8.37. The molecule has 0 aromatic carbocycles. The SMILES string of the molecule is CC(C)SC(C)SC(C)(C)C. The molecule has 0 aliphatic heterocycles. The largest absolute Gasteiger partial charge is 0.145 e. The second kappa shape index (κ2) is 4.66. The Morgan fingerprint density at radius 3 is 1.73 bits per heavy atom. The zero-order chi connectivity index (χ0) is 9.07. The molecule has 0 N–H and O–H groups in total. The van der Waals surface area contributed by atoms with Crippen LogP contribution < -0.4 is 0 Å². The predicted octanol–water partition coefficient (Wildman–Crippen LogP) is 4.01. The Balaban J connectivity index is 3.61. The van der Waals surface area contributed by atoms with Crippen LogP contribution in [-0.2, 0) is 0 Å². The molecule has 0 rings (SSSR count). The summed E-state index contributed by atoms with van der Waals surface area (Å²) in [6.45, 7) is 13.6.